The van der Waals surface area contributed by atoms with E-state index in [1.165, 1.54) is 0 Å². The van der Waals surface area contributed by atoms with Gasteiger partial charge < -0.3 is 5.32 Å². The van der Waals surface area contributed by atoms with Gasteiger partial charge in [0.05, 0.1) is 0 Å². The summed E-state index contributed by atoms with van der Waals surface area (Å²) >= 11 is 0. The molecule has 0 saturated heterocycles. The molecule has 0 saturated carbocycles. The number of nitrogens with one attached hydrogen (secondary N) is 1. The van der Waals surface area contributed by atoms with Crippen LogP contribution in [0.1, 0.15) is 27.7 Å². The fourth-order valence-electron chi connectivity index (χ4n) is 0.447. The van der Waals surface area contributed by atoms with Crippen molar-refractivity contribution >= 4 is 5.91 Å². The fourth-order valence-corrected chi connectivity index (χ4v) is 0.447. The quantitative estimate of drug-likeness (QED) is 0.370. The Morgan fingerprint density at radius 1 is 1.36 bits per heavy atom. The van der Waals surface area contributed by atoms with Crippen molar-refractivity contribution in [2.24, 2.45) is 0 Å². The molecule has 2 nitrogen and oxygen atoms in total. The molecule has 3 heteroatoms. The standard InChI is InChI=1S/C8H15NO.Na/c1-6(2)7(10)9-8(3,4)5;/h1H2,2-5H3,(H,9,10);/q;+1. The summed E-state index contributed by atoms with van der Waals surface area (Å²) in [6.45, 7) is 11.0. The predicted molar refractivity (Wildman–Crippen MR) is 42.7 cm³/mol. The van der Waals surface area contributed by atoms with E-state index in [4.69, 9.17) is 0 Å². The van der Waals surface area contributed by atoms with Crippen molar-refractivity contribution in [2.45, 2.75) is 33.2 Å². The van der Waals surface area contributed by atoms with E-state index in [2.05, 4.69) is 11.9 Å². The summed E-state index contributed by atoms with van der Waals surface area (Å²) in [7, 11) is 0. The zero-order chi connectivity index (χ0) is 8.36. The van der Waals surface area contributed by atoms with Crippen LogP contribution < -0.4 is 34.9 Å². The van der Waals surface area contributed by atoms with Crippen molar-refractivity contribution in [3.63, 3.8) is 0 Å². The zero-order valence-electron chi connectivity index (χ0n) is 8.12. The van der Waals surface area contributed by atoms with Crippen LogP contribution in [0, 0.1) is 0 Å². The number of carbonyl (C=O) groups is 1. The van der Waals surface area contributed by atoms with Crippen molar-refractivity contribution in [1.29, 1.82) is 0 Å². The van der Waals surface area contributed by atoms with Crippen LogP contribution in [0.15, 0.2) is 12.2 Å². The molecule has 58 valence electrons. The number of carbonyl (C=O) groups excluding carboxylic acids is 1. The Morgan fingerprint density at radius 3 is 1.82 bits per heavy atom. The Balaban J connectivity index is 0. The van der Waals surface area contributed by atoms with E-state index in [-0.39, 0.29) is 41.0 Å². The SMILES string of the molecule is C=C(C)C(=O)NC(C)(C)C.[Na+]. The van der Waals surface area contributed by atoms with E-state index < -0.39 is 0 Å². The maximum atomic E-state index is 10.9. The van der Waals surface area contributed by atoms with Gasteiger partial charge >= 0.3 is 29.6 Å². The topological polar surface area (TPSA) is 29.1 Å². The van der Waals surface area contributed by atoms with Crippen molar-refractivity contribution in [3.8, 4) is 0 Å². The van der Waals surface area contributed by atoms with Gasteiger partial charge in [-0.3, -0.25) is 4.79 Å². The maximum absolute atomic E-state index is 10.9. The van der Waals surface area contributed by atoms with Crippen LogP contribution in [-0.4, -0.2) is 11.4 Å². The molecule has 0 unspecified atom stereocenters. The molecule has 0 aliphatic heterocycles. The number of rotatable bonds is 1. The second-order valence-electron chi connectivity index (χ2n) is 3.48. The first-order chi connectivity index (χ1) is 4.33. The molecule has 11 heavy (non-hydrogen) atoms. The van der Waals surface area contributed by atoms with Crippen LogP contribution in [-0.2, 0) is 4.79 Å². The first-order valence-corrected chi connectivity index (χ1v) is 3.31. The summed E-state index contributed by atoms with van der Waals surface area (Å²) in [4.78, 5) is 10.9. The molecular formula is C8H15NNaO+. The molecule has 0 bridgehead atoms. The Labute approximate surface area is 90.7 Å². The predicted octanol–water partition coefficient (Wildman–Crippen LogP) is -1.52. The normalized spacial score (nSPS) is 9.82. The van der Waals surface area contributed by atoms with Crippen molar-refractivity contribution < 1.29 is 34.4 Å². The van der Waals surface area contributed by atoms with Gasteiger partial charge in [0, 0.05) is 11.1 Å². The van der Waals surface area contributed by atoms with E-state index >= 15 is 0 Å². The monoisotopic (exact) mass is 164 g/mol. The third-order valence-corrected chi connectivity index (χ3v) is 0.876. The molecule has 0 aromatic carbocycles. The summed E-state index contributed by atoms with van der Waals surface area (Å²) < 4.78 is 0. The first-order valence-electron chi connectivity index (χ1n) is 3.31. The smallest absolute Gasteiger partial charge is 0.348 e. The Bertz CT molecular complexity index is 158. The Kier molecular flexibility index (Phi) is 6.22. The number of amides is 1. The molecule has 0 aromatic rings. The van der Waals surface area contributed by atoms with Crippen LogP contribution in [0.25, 0.3) is 0 Å². The molecule has 0 aliphatic carbocycles. The number of hydrogen-bond donors (Lipinski definition) is 1. The molecule has 0 spiro atoms. The summed E-state index contributed by atoms with van der Waals surface area (Å²) in [6.07, 6.45) is 0. The molecule has 0 aliphatic rings. The second-order valence-corrected chi connectivity index (χ2v) is 3.48. The summed E-state index contributed by atoms with van der Waals surface area (Å²) in [5.74, 6) is -0.0764. The van der Waals surface area contributed by atoms with E-state index in [9.17, 15) is 4.79 Å². The van der Waals surface area contributed by atoms with Gasteiger partial charge in [0.15, 0.2) is 0 Å². The van der Waals surface area contributed by atoms with Gasteiger partial charge in [-0.2, -0.15) is 0 Å². The summed E-state index contributed by atoms with van der Waals surface area (Å²) in [6, 6.07) is 0. The largest absolute Gasteiger partial charge is 1.00 e. The summed E-state index contributed by atoms with van der Waals surface area (Å²) in [5, 5.41) is 2.78. The van der Waals surface area contributed by atoms with Gasteiger partial charge in [0.25, 0.3) is 0 Å². The minimum Gasteiger partial charge on any atom is -0.348 e. The Hall–Kier alpha value is 0.210. The van der Waals surface area contributed by atoms with Crippen molar-refractivity contribution in [1.82, 2.24) is 5.32 Å². The molecular weight excluding hydrogens is 149 g/mol. The van der Waals surface area contributed by atoms with Gasteiger partial charge in [-0.15, -0.1) is 0 Å². The Morgan fingerprint density at radius 2 is 1.73 bits per heavy atom. The third-order valence-electron chi connectivity index (χ3n) is 0.876. The average Bonchev–Trinajstić information content (AvgIpc) is 1.60. The van der Waals surface area contributed by atoms with E-state index in [1.54, 1.807) is 6.92 Å². The fraction of sp³-hybridized carbons (Fsp3) is 0.625. The third kappa shape index (κ3) is 8.11. The molecule has 0 heterocycles. The molecule has 0 fully saturated rings. The van der Waals surface area contributed by atoms with Crippen LogP contribution in [0.4, 0.5) is 0 Å². The van der Waals surface area contributed by atoms with Crippen LogP contribution >= 0.6 is 0 Å². The molecule has 0 radical (unpaired) electrons. The first kappa shape index (κ1) is 13.8. The van der Waals surface area contributed by atoms with Crippen LogP contribution in [0.2, 0.25) is 0 Å². The summed E-state index contributed by atoms with van der Waals surface area (Å²) in [5.41, 5.74) is 0.394. The van der Waals surface area contributed by atoms with Gasteiger partial charge in [0.1, 0.15) is 0 Å². The molecule has 1 N–H and O–H groups in total. The van der Waals surface area contributed by atoms with E-state index in [1.807, 2.05) is 20.8 Å². The average molecular weight is 164 g/mol. The van der Waals surface area contributed by atoms with Crippen molar-refractivity contribution in [2.75, 3.05) is 0 Å². The van der Waals surface area contributed by atoms with Gasteiger partial charge in [-0.25, -0.2) is 0 Å². The minimum absolute atomic E-state index is 0. The second kappa shape index (κ2) is 4.96. The molecule has 0 rings (SSSR count). The van der Waals surface area contributed by atoms with Crippen LogP contribution in [0.3, 0.4) is 0 Å². The van der Waals surface area contributed by atoms with Crippen molar-refractivity contribution in [3.05, 3.63) is 12.2 Å². The molecule has 1 amide bonds. The molecule has 0 atom stereocenters. The van der Waals surface area contributed by atoms with E-state index in [0.717, 1.165) is 0 Å². The van der Waals surface area contributed by atoms with Gasteiger partial charge in [0.2, 0.25) is 5.91 Å². The minimum atomic E-state index is -0.157. The zero-order valence-corrected chi connectivity index (χ0v) is 10.1. The maximum Gasteiger partial charge on any atom is 1.00 e. The van der Waals surface area contributed by atoms with Crippen LogP contribution in [0.5, 0.6) is 0 Å². The van der Waals surface area contributed by atoms with Gasteiger partial charge in [-0.05, 0) is 27.7 Å². The molecule has 0 aromatic heterocycles. The van der Waals surface area contributed by atoms with E-state index in [0.29, 0.717) is 5.57 Å². The van der Waals surface area contributed by atoms with Gasteiger partial charge in [-0.1, -0.05) is 6.58 Å². The number of hydrogen-bond acceptors (Lipinski definition) is 1.